The maximum absolute atomic E-state index is 5.76. The molecule has 2 atom stereocenters. The van der Waals surface area contributed by atoms with E-state index in [-0.39, 0.29) is 6.10 Å². The lowest BCUT2D eigenvalue weighted by molar-refractivity contribution is 0.0352. The Bertz CT molecular complexity index is 374. The van der Waals surface area contributed by atoms with Crippen molar-refractivity contribution in [1.82, 2.24) is 10.3 Å². The zero-order chi connectivity index (χ0) is 13.7. The molecule has 0 aromatic carbocycles. The summed E-state index contributed by atoms with van der Waals surface area (Å²) in [5.41, 5.74) is 0. The van der Waals surface area contributed by atoms with Crippen LogP contribution in [0.25, 0.3) is 0 Å². The molecular formula is C15H26N2OS. The van der Waals surface area contributed by atoms with Crippen LogP contribution in [-0.4, -0.2) is 18.6 Å². The molecular weight excluding hydrogens is 256 g/mol. The number of hydrogen-bond acceptors (Lipinski definition) is 4. The average molecular weight is 282 g/mol. The summed E-state index contributed by atoms with van der Waals surface area (Å²) in [7, 11) is 1.83. The summed E-state index contributed by atoms with van der Waals surface area (Å²) in [4.78, 5) is 5.93. The van der Waals surface area contributed by atoms with Gasteiger partial charge in [-0.05, 0) is 32.2 Å². The molecule has 3 nitrogen and oxygen atoms in total. The third-order valence-electron chi connectivity index (χ3n) is 4.05. The van der Waals surface area contributed by atoms with Crippen molar-refractivity contribution in [1.29, 1.82) is 0 Å². The van der Waals surface area contributed by atoms with Gasteiger partial charge in [-0.1, -0.05) is 26.2 Å². The third kappa shape index (κ3) is 3.77. The van der Waals surface area contributed by atoms with E-state index in [2.05, 4.69) is 24.1 Å². The lowest BCUT2D eigenvalue weighted by Crippen LogP contribution is -2.18. The van der Waals surface area contributed by atoms with Gasteiger partial charge in [-0.15, -0.1) is 11.3 Å². The minimum atomic E-state index is 0.202. The van der Waals surface area contributed by atoms with Crippen LogP contribution in [0.5, 0.6) is 0 Å². The van der Waals surface area contributed by atoms with Crippen molar-refractivity contribution in [3.8, 4) is 0 Å². The maximum Gasteiger partial charge on any atom is 0.122 e. The van der Waals surface area contributed by atoms with Crippen LogP contribution >= 0.6 is 11.3 Å². The van der Waals surface area contributed by atoms with Gasteiger partial charge in [-0.2, -0.15) is 0 Å². The highest BCUT2D eigenvalue weighted by molar-refractivity contribution is 7.11. The predicted molar refractivity (Wildman–Crippen MR) is 80.5 cm³/mol. The summed E-state index contributed by atoms with van der Waals surface area (Å²) in [6, 6.07) is 0.389. The summed E-state index contributed by atoms with van der Waals surface area (Å²) in [5.74, 6) is 0.659. The van der Waals surface area contributed by atoms with Gasteiger partial charge in [-0.25, -0.2) is 4.98 Å². The Labute approximate surface area is 120 Å². The van der Waals surface area contributed by atoms with Crippen molar-refractivity contribution in [2.75, 3.05) is 13.7 Å². The number of nitrogens with zero attached hydrogens (tertiary/aromatic N) is 1. The van der Waals surface area contributed by atoms with Crippen molar-refractivity contribution in [3.63, 3.8) is 0 Å². The monoisotopic (exact) mass is 282 g/mol. The topological polar surface area (TPSA) is 34.2 Å². The Kier molecular flexibility index (Phi) is 5.79. The van der Waals surface area contributed by atoms with E-state index >= 15 is 0 Å². The van der Waals surface area contributed by atoms with Crippen molar-refractivity contribution in [2.24, 2.45) is 5.92 Å². The van der Waals surface area contributed by atoms with E-state index in [1.807, 2.05) is 24.6 Å². The fraction of sp³-hybridized carbons (Fsp3) is 0.800. The molecule has 1 N–H and O–H groups in total. The van der Waals surface area contributed by atoms with Gasteiger partial charge in [-0.3, -0.25) is 0 Å². The molecule has 1 heterocycles. The van der Waals surface area contributed by atoms with E-state index in [4.69, 9.17) is 4.74 Å². The molecule has 4 heteroatoms. The lowest BCUT2D eigenvalue weighted by atomic mass is 9.85. The van der Waals surface area contributed by atoms with Gasteiger partial charge in [0.2, 0.25) is 0 Å². The Balaban J connectivity index is 2.06. The number of thiazole rings is 1. The number of rotatable bonds is 6. The van der Waals surface area contributed by atoms with Crippen LogP contribution in [0.1, 0.15) is 68.0 Å². The zero-order valence-corrected chi connectivity index (χ0v) is 13.1. The van der Waals surface area contributed by atoms with Gasteiger partial charge in [0.05, 0.1) is 0 Å². The van der Waals surface area contributed by atoms with Crippen LogP contribution in [0.3, 0.4) is 0 Å². The van der Waals surface area contributed by atoms with Crippen LogP contribution < -0.4 is 5.32 Å². The molecule has 0 amide bonds. The minimum absolute atomic E-state index is 0.202. The molecule has 1 aliphatic carbocycles. The van der Waals surface area contributed by atoms with Gasteiger partial charge < -0.3 is 10.1 Å². The van der Waals surface area contributed by atoms with E-state index in [0.717, 1.165) is 11.6 Å². The highest BCUT2D eigenvalue weighted by Gasteiger charge is 2.27. The molecule has 2 unspecified atom stereocenters. The van der Waals surface area contributed by atoms with E-state index < -0.39 is 0 Å². The van der Waals surface area contributed by atoms with Gasteiger partial charge >= 0.3 is 0 Å². The van der Waals surface area contributed by atoms with Gasteiger partial charge in [0, 0.05) is 24.2 Å². The first-order chi connectivity index (χ1) is 9.26. The molecule has 1 aliphatic rings. The summed E-state index contributed by atoms with van der Waals surface area (Å²) < 4.78 is 5.76. The summed E-state index contributed by atoms with van der Waals surface area (Å²) >= 11 is 1.81. The first-order valence-corrected chi connectivity index (χ1v) is 8.29. The van der Waals surface area contributed by atoms with Crippen molar-refractivity contribution in [3.05, 3.63) is 16.1 Å². The van der Waals surface area contributed by atoms with Crippen LogP contribution in [0, 0.1) is 5.92 Å². The number of nitrogens with one attached hydrogen (secondary N) is 1. The Hall–Kier alpha value is -0.450. The smallest absolute Gasteiger partial charge is 0.122 e. The van der Waals surface area contributed by atoms with E-state index in [9.17, 15) is 0 Å². The van der Waals surface area contributed by atoms with Crippen LogP contribution in [0.15, 0.2) is 6.20 Å². The number of ether oxygens (including phenoxy) is 1. The third-order valence-corrected chi connectivity index (χ3v) is 5.30. The van der Waals surface area contributed by atoms with E-state index in [1.165, 1.54) is 37.0 Å². The summed E-state index contributed by atoms with van der Waals surface area (Å²) in [6.07, 6.45) is 8.86. The molecule has 0 radical (unpaired) electrons. The Morgan fingerprint density at radius 3 is 2.79 bits per heavy atom. The first-order valence-electron chi connectivity index (χ1n) is 7.48. The van der Waals surface area contributed by atoms with Crippen molar-refractivity contribution >= 4 is 11.3 Å². The lowest BCUT2D eigenvalue weighted by Gasteiger charge is -2.27. The largest absolute Gasteiger partial charge is 0.374 e. The van der Waals surface area contributed by atoms with Gasteiger partial charge in [0.15, 0.2) is 0 Å². The fourth-order valence-corrected chi connectivity index (χ4v) is 4.09. The standard InChI is InChI=1S/C15H26N2OS/c1-4-16-11(2)13-10-17-15(19-13)14(18-3)12-8-6-5-7-9-12/h10-12,14,16H,4-9H2,1-3H3. The molecule has 0 aliphatic heterocycles. The molecule has 108 valence electrons. The second-order valence-corrected chi connectivity index (χ2v) is 6.53. The molecule has 1 aromatic heterocycles. The second kappa shape index (κ2) is 7.36. The quantitative estimate of drug-likeness (QED) is 0.853. The molecule has 19 heavy (non-hydrogen) atoms. The number of hydrogen-bond donors (Lipinski definition) is 1. The molecule has 1 fully saturated rings. The molecule has 2 rings (SSSR count). The molecule has 0 spiro atoms. The van der Waals surface area contributed by atoms with E-state index in [0.29, 0.717) is 12.0 Å². The number of aromatic nitrogens is 1. The highest BCUT2D eigenvalue weighted by atomic mass is 32.1. The Morgan fingerprint density at radius 2 is 2.16 bits per heavy atom. The molecule has 1 aromatic rings. The highest BCUT2D eigenvalue weighted by Crippen LogP contribution is 2.38. The van der Waals surface area contributed by atoms with Gasteiger partial charge in [0.1, 0.15) is 11.1 Å². The van der Waals surface area contributed by atoms with E-state index in [1.54, 1.807) is 0 Å². The maximum atomic E-state index is 5.76. The fourth-order valence-electron chi connectivity index (χ4n) is 2.97. The summed E-state index contributed by atoms with van der Waals surface area (Å²) in [5, 5.41) is 4.60. The SMILES string of the molecule is CCNC(C)c1cnc(C(OC)C2CCCCC2)s1. The number of methoxy groups -OCH3 is 1. The first kappa shape index (κ1) is 14.9. The van der Waals surface area contributed by atoms with Crippen LogP contribution in [0.2, 0.25) is 0 Å². The van der Waals surface area contributed by atoms with Crippen LogP contribution in [-0.2, 0) is 4.74 Å². The Morgan fingerprint density at radius 1 is 1.42 bits per heavy atom. The summed E-state index contributed by atoms with van der Waals surface area (Å²) in [6.45, 7) is 5.33. The average Bonchev–Trinajstić information content (AvgIpc) is 2.91. The molecule has 0 saturated heterocycles. The second-order valence-electron chi connectivity index (χ2n) is 5.43. The zero-order valence-electron chi connectivity index (χ0n) is 12.3. The van der Waals surface area contributed by atoms with Gasteiger partial charge in [0.25, 0.3) is 0 Å². The predicted octanol–water partition coefficient (Wildman–Crippen LogP) is 4.08. The van der Waals surface area contributed by atoms with Crippen molar-refractivity contribution < 1.29 is 4.74 Å². The minimum Gasteiger partial charge on any atom is -0.374 e. The molecule has 0 bridgehead atoms. The molecule has 1 saturated carbocycles. The van der Waals surface area contributed by atoms with Crippen molar-refractivity contribution in [2.45, 2.75) is 58.1 Å². The van der Waals surface area contributed by atoms with Crippen LogP contribution in [0.4, 0.5) is 0 Å². The normalized spacial score (nSPS) is 20.4.